The second-order valence-electron chi connectivity index (χ2n) is 12.7. The highest BCUT2D eigenvalue weighted by Crippen LogP contribution is 2.45. The summed E-state index contributed by atoms with van der Waals surface area (Å²) in [6, 6.07) is 24.4. The summed E-state index contributed by atoms with van der Waals surface area (Å²) in [5, 5.41) is 10.8. The first-order chi connectivity index (χ1) is 23.4. The zero-order valence-electron chi connectivity index (χ0n) is 27.6. The number of piperazine rings is 1. The molecule has 0 bridgehead atoms. The van der Waals surface area contributed by atoms with Gasteiger partial charge in [0.1, 0.15) is 12.6 Å². The van der Waals surface area contributed by atoms with Crippen LogP contribution >= 0.6 is 0 Å². The molecule has 0 unspecified atom stereocenters. The number of likely N-dealkylation sites (N-methyl/N-ethyl adjacent to an activating group) is 1. The summed E-state index contributed by atoms with van der Waals surface area (Å²) >= 11 is 0. The molecule has 3 atom stereocenters. The lowest BCUT2D eigenvalue weighted by molar-refractivity contribution is -0.135. The van der Waals surface area contributed by atoms with Gasteiger partial charge >= 0.3 is 6.09 Å². The van der Waals surface area contributed by atoms with Gasteiger partial charge in [0.15, 0.2) is 0 Å². The fourth-order valence-corrected chi connectivity index (χ4v) is 6.22. The fraction of sp³-hybridized carbons (Fsp3) is 0.378. The molecule has 1 aliphatic carbocycles. The molecule has 0 spiro atoms. The second-order valence-corrected chi connectivity index (χ2v) is 12.7. The Kier molecular flexibility index (Phi) is 10.4. The summed E-state index contributed by atoms with van der Waals surface area (Å²) in [6.45, 7) is 5.43. The molecule has 1 aromatic heterocycles. The number of rotatable bonds is 12. The molecule has 1 saturated carbocycles. The minimum Gasteiger partial charge on any atom is -0.445 e. The van der Waals surface area contributed by atoms with Crippen LogP contribution in [-0.4, -0.2) is 99.5 Å². The zero-order valence-corrected chi connectivity index (χ0v) is 27.6. The number of nitrogens with one attached hydrogen (secondary N) is 1. The largest absolute Gasteiger partial charge is 0.445 e. The third-order valence-electron chi connectivity index (χ3n) is 9.23. The molecule has 2 aliphatic rings. The van der Waals surface area contributed by atoms with Crippen LogP contribution in [0.15, 0.2) is 91.3 Å². The van der Waals surface area contributed by atoms with Gasteiger partial charge in [0.05, 0.1) is 18.1 Å². The Morgan fingerprint density at radius 1 is 0.958 bits per heavy atom. The minimum absolute atomic E-state index is 0.0147. The summed E-state index contributed by atoms with van der Waals surface area (Å²) in [6.07, 6.45) is 4.72. The predicted molar refractivity (Wildman–Crippen MR) is 182 cm³/mol. The van der Waals surface area contributed by atoms with E-state index in [0.29, 0.717) is 38.0 Å². The summed E-state index contributed by atoms with van der Waals surface area (Å²) < 4.78 is 7.40. The zero-order chi connectivity index (χ0) is 33.5. The summed E-state index contributed by atoms with van der Waals surface area (Å²) in [5.74, 6) is -0.191. The van der Waals surface area contributed by atoms with Crippen molar-refractivity contribution in [3.8, 4) is 5.69 Å². The Morgan fingerprint density at radius 3 is 2.38 bits per heavy atom. The van der Waals surface area contributed by atoms with Crippen LogP contribution in [0.4, 0.5) is 4.79 Å². The molecule has 250 valence electrons. The molecule has 1 aliphatic heterocycles. The fourth-order valence-electron chi connectivity index (χ4n) is 6.22. The topological polar surface area (TPSA) is 113 Å². The van der Waals surface area contributed by atoms with Crippen molar-refractivity contribution < 1.29 is 19.1 Å². The third-order valence-corrected chi connectivity index (χ3v) is 9.23. The van der Waals surface area contributed by atoms with Crippen molar-refractivity contribution in [1.29, 1.82) is 0 Å². The molecule has 2 fully saturated rings. The molecule has 2 heterocycles. The van der Waals surface area contributed by atoms with Crippen molar-refractivity contribution >= 4 is 17.9 Å². The van der Waals surface area contributed by atoms with E-state index in [1.165, 1.54) is 11.1 Å². The van der Waals surface area contributed by atoms with E-state index < -0.39 is 6.04 Å². The summed E-state index contributed by atoms with van der Waals surface area (Å²) in [7, 11) is 2.04. The van der Waals surface area contributed by atoms with E-state index in [2.05, 4.69) is 51.7 Å². The molecule has 6 rings (SSSR count). The van der Waals surface area contributed by atoms with Gasteiger partial charge in [0, 0.05) is 50.2 Å². The van der Waals surface area contributed by atoms with Crippen LogP contribution in [0.1, 0.15) is 52.2 Å². The molecule has 1 N–H and O–H groups in total. The Bertz CT molecular complexity index is 1650. The standard InChI is InChI=1S/C37H43N7O4/c1-27-10-12-29(13-11-27)32-25-34(32)43(37(47)48-26-28-7-4-3-5-8-28)19-6-9-33(36(46)42-23-21-41(2)22-24-42)39-35(45)30-14-16-31(17-15-30)44-20-18-38-40-44/h3-5,7-8,10-18,20,32-34H,6,9,19,21-26H2,1-2H3,(H,39,45)/t32-,33+,34+/m0/s1. The molecule has 0 radical (unpaired) electrons. The van der Waals surface area contributed by atoms with Crippen molar-refractivity contribution in [3.05, 3.63) is 114 Å². The van der Waals surface area contributed by atoms with E-state index in [0.717, 1.165) is 30.8 Å². The van der Waals surface area contributed by atoms with Gasteiger partial charge in [0.25, 0.3) is 5.91 Å². The van der Waals surface area contributed by atoms with Crippen molar-refractivity contribution in [2.24, 2.45) is 0 Å². The molecule has 1 saturated heterocycles. The maximum atomic E-state index is 13.8. The summed E-state index contributed by atoms with van der Waals surface area (Å²) in [5.41, 5.74) is 4.54. The van der Waals surface area contributed by atoms with Crippen LogP contribution in [0, 0.1) is 6.92 Å². The van der Waals surface area contributed by atoms with Crippen molar-refractivity contribution in [3.63, 3.8) is 0 Å². The van der Waals surface area contributed by atoms with Gasteiger partial charge < -0.3 is 24.8 Å². The highest BCUT2D eigenvalue weighted by Gasteiger charge is 2.45. The number of ether oxygens (including phenoxy) is 1. The number of hydrogen-bond donors (Lipinski definition) is 1. The van der Waals surface area contributed by atoms with E-state index in [-0.39, 0.29) is 36.5 Å². The quantitative estimate of drug-likeness (QED) is 0.242. The molecule has 48 heavy (non-hydrogen) atoms. The number of benzene rings is 3. The highest BCUT2D eigenvalue weighted by molar-refractivity contribution is 5.97. The van der Waals surface area contributed by atoms with Crippen LogP contribution < -0.4 is 5.32 Å². The van der Waals surface area contributed by atoms with Crippen LogP contribution in [0.25, 0.3) is 5.69 Å². The number of aromatic nitrogens is 3. The van der Waals surface area contributed by atoms with Crippen molar-refractivity contribution in [2.45, 2.75) is 50.8 Å². The van der Waals surface area contributed by atoms with Crippen LogP contribution in [0.3, 0.4) is 0 Å². The van der Waals surface area contributed by atoms with E-state index >= 15 is 0 Å². The maximum Gasteiger partial charge on any atom is 0.410 e. The SMILES string of the molecule is Cc1ccc([C@@H]2C[C@H]2N(CCC[C@@H](NC(=O)c2ccc(-n3ccnn3)cc2)C(=O)N2CCN(C)CC2)C(=O)OCc2ccccc2)cc1. The summed E-state index contributed by atoms with van der Waals surface area (Å²) in [4.78, 5) is 46.7. The lowest BCUT2D eigenvalue weighted by atomic mass is 10.1. The van der Waals surface area contributed by atoms with Crippen LogP contribution in [0.5, 0.6) is 0 Å². The maximum absolute atomic E-state index is 13.8. The number of carbonyl (C=O) groups is 3. The molecule has 4 aromatic rings. The van der Waals surface area contributed by atoms with Gasteiger partial charge in [-0.3, -0.25) is 9.59 Å². The van der Waals surface area contributed by atoms with Gasteiger partial charge in [-0.15, -0.1) is 5.10 Å². The molecular formula is C37H43N7O4. The second kappa shape index (κ2) is 15.2. The van der Waals surface area contributed by atoms with Gasteiger partial charge in [-0.2, -0.15) is 0 Å². The first-order valence-electron chi connectivity index (χ1n) is 16.6. The molecule has 11 heteroatoms. The monoisotopic (exact) mass is 649 g/mol. The Morgan fingerprint density at radius 2 is 1.69 bits per heavy atom. The van der Waals surface area contributed by atoms with Crippen molar-refractivity contribution in [2.75, 3.05) is 39.8 Å². The normalized spacial score (nSPS) is 18.2. The van der Waals surface area contributed by atoms with E-state index in [1.54, 1.807) is 41.3 Å². The third kappa shape index (κ3) is 8.27. The van der Waals surface area contributed by atoms with E-state index in [4.69, 9.17) is 4.74 Å². The highest BCUT2D eigenvalue weighted by atomic mass is 16.6. The molecule has 3 amide bonds. The van der Waals surface area contributed by atoms with Gasteiger partial charge in [-0.1, -0.05) is 65.4 Å². The first-order valence-corrected chi connectivity index (χ1v) is 16.6. The average Bonchev–Trinajstić information content (AvgIpc) is 3.70. The lowest BCUT2D eigenvalue weighted by Gasteiger charge is -2.35. The number of aryl methyl sites for hydroxylation is 1. The molecule has 3 aromatic carbocycles. The Labute approximate surface area is 281 Å². The number of hydrogen-bond acceptors (Lipinski definition) is 7. The van der Waals surface area contributed by atoms with Gasteiger partial charge in [-0.25, -0.2) is 9.48 Å². The number of nitrogens with zero attached hydrogens (tertiary/aromatic N) is 6. The number of carbonyl (C=O) groups excluding carboxylic acids is 3. The Hall–Kier alpha value is -5.03. The average molecular weight is 650 g/mol. The minimum atomic E-state index is -0.731. The van der Waals surface area contributed by atoms with E-state index in [1.807, 2.05) is 47.2 Å². The van der Waals surface area contributed by atoms with Crippen LogP contribution in [0.2, 0.25) is 0 Å². The molecular weight excluding hydrogens is 606 g/mol. The predicted octanol–water partition coefficient (Wildman–Crippen LogP) is 4.42. The van der Waals surface area contributed by atoms with Gasteiger partial charge in [0.2, 0.25) is 5.91 Å². The molecule has 11 nitrogen and oxygen atoms in total. The lowest BCUT2D eigenvalue weighted by Crippen LogP contribution is -2.54. The smallest absolute Gasteiger partial charge is 0.410 e. The van der Waals surface area contributed by atoms with Crippen LogP contribution in [-0.2, 0) is 16.1 Å². The van der Waals surface area contributed by atoms with E-state index in [9.17, 15) is 14.4 Å². The van der Waals surface area contributed by atoms with Crippen molar-refractivity contribution in [1.82, 2.24) is 35.0 Å². The Balaban J connectivity index is 1.14. The first kappa shape index (κ1) is 32.9. The number of amides is 3. The van der Waals surface area contributed by atoms with Gasteiger partial charge in [-0.05, 0) is 68.6 Å².